The molecular formula is C23H28ClFN2O4. The molecule has 2 atom stereocenters. The van der Waals surface area contributed by atoms with E-state index in [4.69, 9.17) is 15.2 Å². The highest BCUT2D eigenvalue weighted by atomic mass is 35.5. The number of halogens is 2. The second-order valence-electron chi connectivity index (χ2n) is 8.05. The Morgan fingerprint density at radius 1 is 1.23 bits per heavy atom. The first-order chi connectivity index (χ1) is 14.5. The molecule has 0 saturated carbocycles. The Morgan fingerprint density at radius 2 is 1.90 bits per heavy atom. The number of nitrogens with zero attached hydrogens (tertiary/aromatic N) is 1. The van der Waals surface area contributed by atoms with E-state index in [0.29, 0.717) is 37.6 Å². The zero-order valence-electron chi connectivity index (χ0n) is 17.4. The number of amides is 1. The highest BCUT2D eigenvalue weighted by molar-refractivity contribution is 5.85. The van der Waals surface area contributed by atoms with Crippen LogP contribution in [0.4, 0.5) is 9.18 Å². The quantitative estimate of drug-likeness (QED) is 0.735. The van der Waals surface area contributed by atoms with E-state index in [1.165, 1.54) is 24.3 Å². The smallest absolute Gasteiger partial charge is 0.415 e. The van der Waals surface area contributed by atoms with Crippen LogP contribution in [-0.2, 0) is 11.2 Å². The molecule has 2 aliphatic heterocycles. The summed E-state index contributed by atoms with van der Waals surface area (Å²) >= 11 is 0. The molecule has 0 spiro atoms. The monoisotopic (exact) mass is 450 g/mol. The minimum absolute atomic E-state index is 0. The predicted octanol–water partition coefficient (Wildman–Crippen LogP) is 4.11. The van der Waals surface area contributed by atoms with Crippen LogP contribution in [0.15, 0.2) is 36.4 Å². The number of likely N-dealkylation sites (tertiary alicyclic amines) is 1. The van der Waals surface area contributed by atoms with Gasteiger partial charge in [0.2, 0.25) is 0 Å². The lowest BCUT2D eigenvalue weighted by atomic mass is 9.83. The van der Waals surface area contributed by atoms with E-state index < -0.39 is 6.09 Å². The third kappa shape index (κ3) is 4.95. The molecule has 0 aliphatic carbocycles. The van der Waals surface area contributed by atoms with Gasteiger partial charge in [-0.05, 0) is 61.1 Å². The summed E-state index contributed by atoms with van der Waals surface area (Å²) in [6.07, 6.45) is 1.50. The number of ether oxygens (including phenoxy) is 2. The van der Waals surface area contributed by atoms with Crippen LogP contribution in [-0.4, -0.2) is 41.8 Å². The molecule has 6 nitrogen and oxygen atoms in total. The van der Waals surface area contributed by atoms with Gasteiger partial charge in [0.1, 0.15) is 17.3 Å². The summed E-state index contributed by atoms with van der Waals surface area (Å²) in [6.45, 7) is 3.37. The van der Waals surface area contributed by atoms with Crippen molar-refractivity contribution in [2.45, 2.75) is 38.4 Å². The van der Waals surface area contributed by atoms with Gasteiger partial charge in [0, 0.05) is 31.6 Å². The fourth-order valence-electron chi connectivity index (χ4n) is 4.40. The van der Waals surface area contributed by atoms with Gasteiger partial charge in [0.05, 0.1) is 12.2 Å². The number of aromatic hydroxyl groups is 1. The molecule has 3 N–H and O–H groups in total. The van der Waals surface area contributed by atoms with Crippen LogP contribution in [0.25, 0.3) is 0 Å². The van der Waals surface area contributed by atoms with Crippen LogP contribution in [0.3, 0.4) is 0 Å². The lowest BCUT2D eigenvalue weighted by Crippen LogP contribution is -2.45. The van der Waals surface area contributed by atoms with Crippen molar-refractivity contribution in [2.24, 2.45) is 11.7 Å². The van der Waals surface area contributed by atoms with Crippen molar-refractivity contribution in [3.05, 3.63) is 58.9 Å². The third-order valence-electron chi connectivity index (χ3n) is 6.17. The summed E-state index contributed by atoms with van der Waals surface area (Å²) in [4.78, 5) is 14.1. The Balaban J connectivity index is 0.00000272. The fourth-order valence-corrected chi connectivity index (χ4v) is 4.40. The average Bonchev–Trinajstić information content (AvgIpc) is 2.77. The highest BCUT2D eigenvalue weighted by Gasteiger charge is 2.36. The standard InChI is InChI=1S/C23H27FN2O4.ClH/c1-14-2-7-18-19(22(14)27)12-20(30-21(18)13-25)15-8-10-26(11-9-15)23(28)29-17-5-3-16(24)4-6-17;/h2-7,15,20-21,27H,8-13,25H2,1H3;1H/t20-,21-;/m0./s1. The summed E-state index contributed by atoms with van der Waals surface area (Å²) in [6, 6.07) is 9.29. The van der Waals surface area contributed by atoms with Crippen LogP contribution in [0.1, 0.15) is 35.6 Å². The van der Waals surface area contributed by atoms with E-state index in [0.717, 1.165) is 29.5 Å². The number of aryl methyl sites for hydroxylation is 1. The molecule has 0 bridgehead atoms. The molecule has 2 aromatic carbocycles. The predicted molar refractivity (Wildman–Crippen MR) is 117 cm³/mol. The number of benzene rings is 2. The van der Waals surface area contributed by atoms with Crippen molar-refractivity contribution in [3.8, 4) is 11.5 Å². The third-order valence-corrected chi connectivity index (χ3v) is 6.17. The summed E-state index contributed by atoms with van der Waals surface area (Å²) in [5.74, 6) is 0.551. The Hall–Kier alpha value is -2.35. The SMILES string of the molecule is Cc1ccc2c(c1O)C[C@@H](C1CCN(C(=O)Oc3ccc(F)cc3)CC1)O[C@H]2CN.Cl. The van der Waals surface area contributed by atoms with Gasteiger partial charge < -0.3 is 25.2 Å². The molecule has 1 fully saturated rings. The minimum atomic E-state index is -0.428. The molecule has 1 saturated heterocycles. The molecule has 8 heteroatoms. The molecule has 4 rings (SSSR count). The van der Waals surface area contributed by atoms with Crippen molar-refractivity contribution >= 4 is 18.5 Å². The molecule has 0 unspecified atom stereocenters. The van der Waals surface area contributed by atoms with Crippen LogP contribution < -0.4 is 10.5 Å². The number of hydrogen-bond donors (Lipinski definition) is 2. The first-order valence-corrected chi connectivity index (χ1v) is 10.4. The normalized spacial score (nSPS) is 21.2. The lowest BCUT2D eigenvalue weighted by molar-refractivity contribution is -0.0633. The van der Waals surface area contributed by atoms with Gasteiger partial charge in [0.25, 0.3) is 0 Å². The van der Waals surface area contributed by atoms with E-state index in [1.54, 1.807) is 4.90 Å². The van der Waals surface area contributed by atoms with Gasteiger partial charge in [-0.25, -0.2) is 9.18 Å². The molecule has 168 valence electrons. The number of carbonyl (C=O) groups excluding carboxylic acids is 1. The Kier molecular flexibility index (Phi) is 7.41. The van der Waals surface area contributed by atoms with Crippen molar-refractivity contribution in [1.82, 2.24) is 4.90 Å². The first kappa shape index (κ1) is 23.3. The number of rotatable bonds is 3. The number of phenols is 1. The number of carbonyl (C=O) groups is 1. The topological polar surface area (TPSA) is 85.0 Å². The molecule has 1 amide bonds. The van der Waals surface area contributed by atoms with Gasteiger partial charge in [-0.1, -0.05) is 12.1 Å². The van der Waals surface area contributed by atoms with Gasteiger partial charge in [-0.2, -0.15) is 0 Å². The summed E-state index contributed by atoms with van der Waals surface area (Å²) in [5, 5.41) is 10.6. The van der Waals surface area contributed by atoms with Crippen LogP contribution in [0.2, 0.25) is 0 Å². The number of fused-ring (bicyclic) bond motifs is 1. The van der Waals surface area contributed by atoms with Crippen molar-refractivity contribution in [3.63, 3.8) is 0 Å². The highest BCUT2D eigenvalue weighted by Crippen LogP contribution is 2.40. The fraction of sp³-hybridized carbons (Fsp3) is 0.435. The maximum absolute atomic E-state index is 13.0. The van der Waals surface area contributed by atoms with Crippen molar-refractivity contribution in [1.29, 1.82) is 0 Å². The van der Waals surface area contributed by atoms with E-state index in [-0.39, 0.29) is 36.4 Å². The maximum Gasteiger partial charge on any atom is 0.415 e. The second kappa shape index (κ2) is 9.85. The van der Waals surface area contributed by atoms with Gasteiger partial charge in [-0.3, -0.25) is 0 Å². The number of hydrogen-bond acceptors (Lipinski definition) is 5. The van der Waals surface area contributed by atoms with E-state index >= 15 is 0 Å². The minimum Gasteiger partial charge on any atom is -0.507 e. The molecule has 0 radical (unpaired) electrons. The number of nitrogens with two attached hydrogens (primary N) is 1. The van der Waals surface area contributed by atoms with E-state index in [2.05, 4.69) is 0 Å². The van der Waals surface area contributed by atoms with Gasteiger partial charge >= 0.3 is 6.09 Å². The summed E-state index contributed by atoms with van der Waals surface area (Å²) in [5.41, 5.74) is 8.69. The molecule has 2 aromatic rings. The van der Waals surface area contributed by atoms with Crippen molar-refractivity contribution < 1.29 is 23.8 Å². The largest absolute Gasteiger partial charge is 0.507 e. The molecule has 31 heavy (non-hydrogen) atoms. The molecular weight excluding hydrogens is 423 g/mol. The Morgan fingerprint density at radius 3 is 2.55 bits per heavy atom. The summed E-state index contributed by atoms with van der Waals surface area (Å²) < 4.78 is 24.6. The Bertz CT molecular complexity index is 917. The van der Waals surface area contributed by atoms with Gasteiger partial charge in [0.15, 0.2) is 0 Å². The summed E-state index contributed by atoms with van der Waals surface area (Å²) in [7, 11) is 0. The van der Waals surface area contributed by atoms with Crippen LogP contribution >= 0.6 is 12.4 Å². The zero-order chi connectivity index (χ0) is 21.3. The van der Waals surface area contributed by atoms with Crippen LogP contribution in [0, 0.1) is 18.7 Å². The van der Waals surface area contributed by atoms with Crippen molar-refractivity contribution in [2.75, 3.05) is 19.6 Å². The first-order valence-electron chi connectivity index (χ1n) is 10.4. The second-order valence-corrected chi connectivity index (χ2v) is 8.05. The maximum atomic E-state index is 13.0. The average molecular weight is 451 g/mol. The van der Waals surface area contributed by atoms with Gasteiger partial charge in [-0.15, -0.1) is 12.4 Å². The number of phenolic OH excluding ortho intramolecular Hbond substituents is 1. The van der Waals surface area contributed by atoms with E-state index in [1.807, 2.05) is 19.1 Å². The lowest BCUT2D eigenvalue weighted by Gasteiger charge is -2.40. The number of piperidine rings is 1. The molecule has 2 heterocycles. The molecule has 0 aromatic heterocycles. The van der Waals surface area contributed by atoms with Crippen LogP contribution in [0.5, 0.6) is 11.5 Å². The Labute approximate surface area is 187 Å². The van der Waals surface area contributed by atoms with E-state index in [9.17, 15) is 14.3 Å². The molecule has 2 aliphatic rings. The zero-order valence-corrected chi connectivity index (χ0v) is 18.2.